The molecule has 0 aromatic carbocycles. The zero-order valence-electron chi connectivity index (χ0n) is 6.59. The van der Waals surface area contributed by atoms with Crippen LogP contribution in [0.25, 0.3) is 0 Å². The summed E-state index contributed by atoms with van der Waals surface area (Å²) in [5.41, 5.74) is 0. The van der Waals surface area contributed by atoms with Gasteiger partial charge in [0, 0.05) is 19.5 Å². The fraction of sp³-hybridized carbons (Fsp3) is 0.875. The molecule has 0 aromatic heterocycles. The van der Waals surface area contributed by atoms with Crippen LogP contribution in [0.3, 0.4) is 0 Å². The van der Waals surface area contributed by atoms with Crippen molar-refractivity contribution in [2.24, 2.45) is 0 Å². The molecule has 0 N–H and O–H groups in total. The number of rotatable bonds is 3. The van der Waals surface area contributed by atoms with Gasteiger partial charge in [0.1, 0.15) is 6.17 Å². The quantitative estimate of drug-likeness (QED) is 0.576. The normalized spacial score (nSPS) is 25.3. The van der Waals surface area contributed by atoms with Gasteiger partial charge in [-0.1, -0.05) is 0 Å². The van der Waals surface area contributed by atoms with E-state index >= 15 is 0 Å². The molecular formula is C8H13FN2. The van der Waals surface area contributed by atoms with Gasteiger partial charge in [0.15, 0.2) is 0 Å². The Morgan fingerprint density at radius 1 is 1.64 bits per heavy atom. The van der Waals surface area contributed by atoms with E-state index in [4.69, 9.17) is 5.26 Å². The molecule has 11 heavy (non-hydrogen) atoms. The number of halogens is 1. The molecule has 62 valence electrons. The maximum Gasteiger partial charge on any atom is 0.114 e. The van der Waals surface area contributed by atoms with Gasteiger partial charge in [-0.25, -0.2) is 4.39 Å². The molecule has 1 aliphatic heterocycles. The minimum absolute atomic E-state index is 0.575. The van der Waals surface area contributed by atoms with Crippen molar-refractivity contribution in [3.8, 4) is 6.07 Å². The summed E-state index contributed by atoms with van der Waals surface area (Å²) in [6.45, 7) is 2.33. The van der Waals surface area contributed by atoms with E-state index in [9.17, 15) is 4.39 Å². The standard InChI is InChI=1S/C8H13FN2/c9-8-3-6-11(7-8)5-2-1-4-10/h8H,1-3,5-7H2/t8-/m0/s1. The monoisotopic (exact) mass is 156 g/mol. The molecule has 0 aromatic rings. The van der Waals surface area contributed by atoms with Crippen LogP contribution < -0.4 is 0 Å². The maximum atomic E-state index is 12.6. The fourth-order valence-corrected chi connectivity index (χ4v) is 1.37. The average Bonchev–Trinajstić information content (AvgIpc) is 2.37. The SMILES string of the molecule is N#CCCCN1CC[C@H](F)C1. The molecule has 0 bridgehead atoms. The first-order chi connectivity index (χ1) is 5.33. The van der Waals surface area contributed by atoms with Gasteiger partial charge in [0.05, 0.1) is 6.07 Å². The number of nitrogens with zero attached hydrogens (tertiary/aromatic N) is 2. The molecule has 0 aliphatic carbocycles. The summed E-state index contributed by atoms with van der Waals surface area (Å²) in [4.78, 5) is 2.09. The summed E-state index contributed by atoms with van der Waals surface area (Å²) >= 11 is 0. The van der Waals surface area contributed by atoms with Gasteiger partial charge in [-0.2, -0.15) is 5.26 Å². The third kappa shape index (κ3) is 2.85. The third-order valence-corrected chi connectivity index (χ3v) is 1.98. The highest BCUT2D eigenvalue weighted by Crippen LogP contribution is 2.12. The van der Waals surface area contributed by atoms with Crippen molar-refractivity contribution in [1.82, 2.24) is 4.90 Å². The highest BCUT2D eigenvalue weighted by molar-refractivity contribution is 4.76. The van der Waals surface area contributed by atoms with Crippen molar-refractivity contribution in [2.75, 3.05) is 19.6 Å². The minimum atomic E-state index is -0.628. The lowest BCUT2D eigenvalue weighted by Crippen LogP contribution is -2.21. The van der Waals surface area contributed by atoms with Gasteiger partial charge in [-0.3, -0.25) is 0 Å². The first kappa shape index (κ1) is 8.48. The lowest BCUT2D eigenvalue weighted by Gasteiger charge is -2.12. The summed E-state index contributed by atoms with van der Waals surface area (Å²) in [7, 11) is 0. The summed E-state index contributed by atoms with van der Waals surface area (Å²) in [5, 5.41) is 8.25. The van der Waals surface area contributed by atoms with Crippen LogP contribution in [0.5, 0.6) is 0 Å². The highest BCUT2D eigenvalue weighted by Gasteiger charge is 2.20. The Labute approximate surface area is 66.6 Å². The van der Waals surface area contributed by atoms with E-state index in [0.29, 0.717) is 19.4 Å². The minimum Gasteiger partial charge on any atom is -0.300 e. The molecular weight excluding hydrogens is 143 g/mol. The van der Waals surface area contributed by atoms with Gasteiger partial charge < -0.3 is 4.90 Å². The molecule has 0 unspecified atom stereocenters. The first-order valence-electron chi connectivity index (χ1n) is 4.06. The molecule has 1 fully saturated rings. The van der Waals surface area contributed by atoms with Crippen LogP contribution in [0.1, 0.15) is 19.3 Å². The van der Waals surface area contributed by atoms with Gasteiger partial charge in [-0.05, 0) is 19.4 Å². The van der Waals surface area contributed by atoms with Crippen LogP contribution in [0.4, 0.5) is 4.39 Å². The van der Waals surface area contributed by atoms with Crippen LogP contribution in [-0.2, 0) is 0 Å². The first-order valence-corrected chi connectivity index (χ1v) is 4.06. The van der Waals surface area contributed by atoms with E-state index in [1.54, 1.807) is 0 Å². The lowest BCUT2D eigenvalue weighted by atomic mass is 10.3. The van der Waals surface area contributed by atoms with Crippen molar-refractivity contribution < 1.29 is 4.39 Å². The van der Waals surface area contributed by atoms with Gasteiger partial charge in [-0.15, -0.1) is 0 Å². The van der Waals surface area contributed by atoms with Gasteiger partial charge in [0.25, 0.3) is 0 Å². The summed E-state index contributed by atoms with van der Waals surface area (Å²) in [6.07, 6.45) is 1.51. The molecule has 2 nitrogen and oxygen atoms in total. The Morgan fingerprint density at radius 2 is 2.45 bits per heavy atom. The number of nitriles is 1. The van der Waals surface area contributed by atoms with Crippen LogP contribution in [0, 0.1) is 11.3 Å². The average molecular weight is 156 g/mol. The summed E-state index contributed by atoms with van der Waals surface area (Å²) in [6, 6.07) is 2.08. The fourth-order valence-electron chi connectivity index (χ4n) is 1.37. The smallest absolute Gasteiger partial charge is 0.114 e. The Bertz CT molecular complexity index is 153. The molecule has 3 heteroatoms. The number of hydrogen-bond donors (Lipinski definition) is 0. The Hall–Kier alpha value is -0.620. The third-order valence-electron chi connectivity index (χ3n) is 1.98. The van der Waals surface area contributed by atoms with E-state index < -0.39 is 6.17 Å². The van der Waals surface area contributed by atoms with E-state index in [1.165, 1.54) is 0 Å². The van der Waals surface area contributed by atoms with Crippen LogP contribution in [0.2, 0.25) is 0 Å². The molecule has 1 aliphatic rings. The number of likely N-dealkylation sites (tertiary alicyclic amines) is 1. The van der Waals surface area contributed by atoms with Crippen LogP contribution in [-0.4, -0.2) is 30.7 Å². The summed E-state index contributed by atoms with van der Waals surface area (Å²) < 4.78 is 12.6. The van der Waals surface area contributed by atoms with Crippen molar-refractivity contribution in [2.45, 2.75) is 25.4 Å². The van der Waals surface area contributed by atoms with Crippen LogP contribution in [0.15, 0.2) is 0 Å². The van der Waals surface area contributed by atoms with E-state index in [0.717, 1.165) is 19.5 Å². The maximum absolute atomic E-state index is 12.6. The Kier molecular flexibility index (Phi) is 3.31. The molecule has 0 radical (unpaired) electrons. The Morgan fingerprint density at radius 3 is 3.00 bits per heavy atom. The molecule has 1 atom stereocenters. The summed E-state index contributed by atoms with van der Waals surface area (Å²) in [5.74, 6) is 0. The second kappa shape index (κ2) is 4.30. The predicted octanol–water partition coefficient (Wildman–Crippen LogP) is 1.33. The zero-order valence-corrected chi connectivity index (χ0v) is 6.59. The number of hydrogen-bond acceptors (Lipinski definition) is 2. The lowest BCUT2D eigenvalue weighted by molar-refractivity contribution is 0.286. The largest absolute Gasteiger partial charge is 0.300 e. The topological polar surface area (TPSA) is 27.0 Å². The second-order valence-corrected chi connectivity index (χ2v) is 2.95. The Balaban J connectivity index is 2.05. The van der Waals surface area contributed by atoms with Gasteiger partial charge in [0.2, 0.25) is 0 Å². The van der Waals surface area contributed by atoms with Crippen molar-refractivity contribution in [3.63, 3.8) is 0 Å². The second-order valence-electron chi connectivity index (χ2n) is 2.95. The zero-order chi connectivity index (χ0) is 8.10. The predicted molar refractivity (Wildman–Crippen MR) is 40.8 cm³/mol. The van der Waals surface area contributed by atoms with Crippen molar-refractivity contribution in [3.05, 3.63) is 0 Å². The number of unbranched alkanes of at least 4 members (excludes halogenated alkanes) is 1. The highest BCUT2D eigenvalue weighted by atomic mass is 19.1. The van der Waals surface area contributed by atoms with Crippen molar-refractivity contribution in [1.29, 1.82) is 5.26 Å². The number of alkyl halides is 1. The van der Waals surface area contributed by atoms with E-state index in [2.05, 4.69) is 11.0 Å². The van der Waals surface area contributed by atoms with Gasteiger partial charge >= 0.3 is 0 Å². The van der Waals surface area contributed by atoms with Crippen LogP contribution >= 0.6 is 0 Å². The molecule has 0 spiro atoms. The molecule has 1 saturated heterocycles. The van der Waals surface area contributed by atoms with E-state index in [-0.39, 0.29) is 0 Å². The molecule has 1 heterocycles. The van der Waals surface area contributed by atoms with Crippen molar-refractivity contribution >= 4 is 0 Å². The van der Waals surface area contributed by atoms with E-state index in [1.807, 2.05) is 0 Å². The molecule has 0 saturated carbocycles. The molecule has 0 amide bonds. The molecule has 1 rings (SSSR count).